The van der Waals surface area contributed by atoms with Crippen LogP contribution in [0.2, 0.25) is 5.02 Å². The van der Waals surface area contributed by atoms with Crippen molar-refractivity contribution in [1.29, 1.82) is 0 Å². The molecule has 0 bridgehead atoms. The molecule has 5 rings (SSSR count). The fourth-order valence-electron chi connectivity index (χ4n) is 4.83. The summed E-state index contributed by atoms with van der Waals surface area (Å²) >= 11 is 6.40. The molecule has 1 aliphatic heterocycles. The minimum atomic E-state index is -0.102. The van der Waals surface area contributed by atoms with Gasteiger partial charge in [0.05, 0.1) is 23.7 Å². The van der Waals surface area contributed by atoms with E-state index in [4.69, 9.17) is 21.3 Å². The number of aromatic nitrogens is 1. The summed E-state index contributed by atoms with van der Waals surface area (Å²) in [5.41, 5.74) is 6.78. The number of pyridine rings is 1. The van der Waals surface area contributed by atoms with E-state index in [1.54, 1.807) is 6.20 Å². The molecule has 4 nitrogen and oxygen atoms in total. The van der Waals surface area contributed by atoms with Crippen LogP contribution in [0.15, 0.2) is 66.9 Å². The van der Waals surface area contributed by atoms with E-state index < -0.39 is 0 Å². The number of nitrogens with one attached hydrogen (secondary N) is 1. The van der Waals surface area contributed by atoms with Gasteiger partial charge < -0.3 is 10.1 Å². The standard InChI is InChI=1S/C29H27ClN2O2/c1-3-18-14-19(16-20(30)15-18)22-9-7-10-23-21(4-2)25(17-31-28(22)23)29(33)32-26-12-13-34-27-11-6-5-8-24(26)27/h5-11,14-17,26H,3-4,12-13H2,1-2H3,(H,32,33). The molecule has 0 spiro atoms. The molecular weight excluding hydrogens is 444 g/mol. The predicted octanol–water partition coefficient (Wildman–Crippen LogP) is 6.93. The third kappa shape index (κ3) is 4.14. The van der Waals surface area contributed by atoms with Gasteiger partial charge in [-0.25, -0.2) is 0 Å². The summed E-state index contributed by atoms with van der Waals surface area (Å²) in [6, 6.07) is 20.1. The molecule has 1 N–H and O–H groups in total. The fourth-order valence-corrected chi connectivity index (χ4v) is 5.08. The number of aryl methyl sites for hydroxylation is 2. The largest absolute Gasteiger partial charge is 0.493 e. The van der Waals surface area contributed by atoms with Crippen molar-refractivity contribution in [3.05, 3.63) is 94.1 Å². The van der Waals surface area contributed by atoms with Gasteiger partial charge in [-0.2, -0.15) is 0 Å². The second kappa shape index (κ2) is 9.47. The number of halogens is 1. The third-order valence-electron chi connectivity index (χ3n) is 6.55. The predicted molar refractivity (Wildman–Crippen MR) is 138 cm³/mol. The Kier molecular flexibility index (Phi) is 6.25. The maximum Gasteiger partial charge on any atom is 0.253 e. The van der Waals surface area contributed by atoms with Gasteiger partial charge in [0.15, 0.2) is 0 Å². The molecule has 3 aromatic carbocycles. The molecule has 2 heterocycles. The number of ether oxygens (including phenoxy) is 1. The zero-order chi connectivity index (χ0) is 23.7. The molecule has 172 valence electrons. The van der Waals surface area contributed by atoms with Crippen LogP contribution in [-0.4, -0.2) is 17.5 Å². The lowest BCUT2D eigenvalue weighted by Crippen LogP contribution is -2.32. The number of nitrogens with zero attached hydrogens (tertiary/aromatic N) is 1. The molecule has 0 saturated carbocycles. The zero-order valence-corrected chi connectivity index (χ0v) is 20.2. The van der Waals surface area contributed by atoms with Gasteiger partial charge in [0.25, 0.3) is 5.91 Å². The smallest absolute Gasteiger partial charge is 0.253 e. The number of fused-ring (bicyclic) bond motifs is 2. The first-order valence-corrected chi connectivity index (χ1v) is 12.2. The van der Waals surface area contributed by atoms with Crippen LogP contribution >= 0.6 is 11.6 Å². The summed E-state index contributed by atoms with van der Waals surface area (Å²) in [5.74, 6) is 0.735. The van der Waals surface area contributed by atoms with E-state index in [1.165, 1.54) is 5.56 Å². The second-order valence-electron chi connectivity index (χ2n) is 8.61. The average molecular weight is 471 g/mol. The minimum absolute atomic E-state index is 0.0805. The van der Waals surface area contributed by atoms with E-state index in [9.17, 15) is 4.79 Å². The highest BCUT2D eigenvalue weighted by atomic mass is 35.5. The van der Waals surface area contributed by atoms with Gasteiger partial charge in [-0.15, -0.1) is 0 Å². The summed E-state index contributed by atoms with van der Waals surface area (Å²) < 4.78 is 5.75. The van der Waals surface area contributed by atoms with Crippen LogP contribution in [-0.2, 0) is 12.8 Å². The molecule has 1 unspecified atom stereocenters. The van der Waals surface area contributed by atoms with E-state index in [1.807, 2.05) is 42.5 Å². The first kappa shape index (κ1) is 22.4. The number of carbonyl (C=O) groups is 1. The lowest BCUT2D eigenvalue weighted by molar-refractivity contribution is 0.0923. The van der Waals surface area contributed by atoms with Gasteiger partial charge in [0.1, 0.15) is 5.75 Å². The summed E-state index contributed by atoms with van der Waals surface area (Å²) in [6.45, 7) is 4.78. The highest BCUT2D eigenvalue weighted by Crippen LogP contribution is 2.34. The molecule has 0 fully saturated rings. The zero-order valence-electron chi connectivity index (χ0n) is 19.4. The molecular formula is C29H27ClN2O2. The monoisotopic (exact) mass is 470 g/mol. The average Bonchev–Trinajstić information content (AvgIpc) is 2.87. The molecule has 1 aromatic heterocycles. The van der Waals surface area contributed by atoms with Gasteiger partial charge in [-0.3, -0.25) is 9.78 Å². The molecule has 1 amide bonds. The lowest BCUT2D eigenvalue weighted by atomic mass is 9.94. The maximum absolute atomic E-state index is 13.4. The first-order valence-electron chi connectivity index (χ1n) is 11.8. The van der Waals surface area contributed by atoms with E-state index in [0.29, 0.717) is 12.2 Å². The number of carbonyl (C=O) groups excluding carboxylic acids is 1. The normalized spacial score (nSPS) is 15.0. The number of amides is 1. The van der Waals surface area contributed by atoms with Crippen LogP contribution in [0.4, 0.5) is 0 Å². The maximum atomic E-state index is 13.4. The van der Waals surface area contributed by atoms with Crippen molar-refractivity contribution >= 4 is 28.4 Å². The Morgan fingerprint density at radius 2 is 1.94 bits per heavy atom. The Morgan fingerprint density at radius 1 is 1.09 bits per heavy atom. The highest BCUT2D eigenvalue weighted by molar-refractivity contribution is 6.31. The van der Waals surface area contributed by atoms with Crippen molar-refractivity contribution in [1.82, 2.24) is 10.3 Å². The highest BCUT2D eigenvalue weighted by Gasteiger charge is 2.25. The summed E-state index contributed by atoms with van der Waals surface area (Å²) in [7, 11) is 0. The molecule has 4 aromatic rings. The van der Waals surface area contributed by atoms with Crippen molar-refractivity contribution in [2.75, 3.05) is 6.61 Å². The van der Waals surface area contributed by atoms with E-state index in [-0.39, 0.29) is 11.9 Å². The van der Waals surface area contributed by atoms with Crippen molar-refractivity contribution < 1.29 is 9.53 Å². The molecule has 0 aliphatic carbocycles. The van der Waals surface area contributed by atoms with Crippen LogP contribution in [0.25, 0.3) is 22.0 Å². The van der Waals surface area contributed by atoms with Crippen LogP contribution < -0.4 is 10.1 Å². The van der Waals surface area contributed by atoms with Crippen LogP contribution in [0.5, 0.6) is 5.75 Å². The number of hydrogen-bond acceptors (Lipinski definition) is 3. The SMILES string of the molecule is CCc1cc(Cl)cc(-c2cccc3c(CC)c(C(=O)NC4CCOc5ccccc54)cnc23)c1. The van der Waals surface area contributed by atoms with Crippen molar-refractivity contribution in [2.24, 2.45) is 0 Å². The van der Waals surface area contributed by atoms with Crippen molar-refractivity contribution in [3.8, 4) is 16.9 Å². The molecule has 34 heavy (non-hydrogen) atoms. The number of benzene rings is 3. The van der Waals surface area contributed by atoms with Gasteiger partial charge >= 0.3 is 0 Å². The Morgan fingerprint density at radius 3 is 2.76 bits per heavy atom. The first-order chi connectivity index (χ1) is 16.6. The van der Waals surface area contributed by atoms with Crippen LogP contribution in [0.3, 0.4) is 0 Å². The quantitative estimate of drug-likeness (QED) is 0.344. The number of hydrogen-bond donors (Lipinski definition) is 1. The Hall–Kier alpha value is -3.37. The molecule has 0 radical (unpaired) electrons. The topological polar surface area (TPSA) is 51.2 Å². The number of para-hydroxylation sites is 2. The minimum Gasteiger partial charge on any atom is -0.493 e. The van der Waals surface area contributed by atoms with Crippen molar-refractivity contribution in [2.45, 2.75) is 39.2 Å². The molecule has 1 atom stereocenters. The summed E-state index contributed by atoms with van der Waals surface area (Å²) in [6.07, 6.45) is 4.09. The van der Waals surface area contributed by atoms with Gasteiger partial charge in [0, 0.05) is 34.2 Å². The third-order valence-corrected chi connectivity index (χ3v) is 6.77. The van der Waals surface area contributed by atoms with Crippen LogP contribution in [0, 0.1) is 0 Å². The Bertz CT molecular complexity index is 1380. The van der Waals surface area contributed by atoms with Gasteiger partial charge in [0.2, 0.25) is 0 Å². The van der Waals surface area contributed by atoms with E-state index >= 15 is 0 Å². The Labute approximate surface area is 204 Å². The fraction of sp³-hybridized carbons (Fsp3) is 0.241. The second-order valence-corrected chi connectivity index (χ2v) is 9.04. The summed E-state index contributed by atoms with van der Waals surface area (Å²) in [5, 5.41) is 4.94. The summed E-state index contributed by atoms with van der Waals surface area (Å²) in [4.78, 5) is 18.2. The van der Waals surface area contributed by atoms with E-state index in [2.05, 4.69) is 37.4 Å². The van der Waals surface area contributed by atoms with Crippen LogP contribution in [0.1, 0.15) is 53.4 Å². The molecule has 5 heteroatoms. The van der Waals surface area contributed by atoms with Gasteiger partial charge in [-0.05, 0) is 47.7 Å². The lowest BCUT2D eigenvalue weighted by Gasteiger charge is -2.27. The molecule has 0 saturated heterocycles. The van der Waals surface area contributed by atoms with Crippen molar-refractivity contribution in [3.63, 3.8) is 0 Å². The number of rotatable bonds is 5. The Balaban J connectivity index is 1.54. The van der Waals surface area contributed by atoms with Gasteiger partial charge in [-0.1, -0.05) is 67.9 Å². The van der Waals surface area contributed by atoms with E-state index in [0.717, 1.165) is 63.2 Å². The molecule has 1 aliphatic rings.